The highest BCUT2D eigenvalue weighted by atomic mass is 16.5. The summed E-state index contributed by atoms with van der Waals surface area (Å²) in [5, 5.41) is 3.40. The van der Waals surface area contributed by atoms with Gasteiger partial charge in [-0.3, -0.25) is 0 Å². The van der Waals surface area contributed by atoms with Crippen LogP contribution < -0.4 is 24.4 Å². The third-order valence-corrected chi connectivity index (χ3v) is 3.72. The van der Waals surface area contributed by atoms with E-state index in [1.165, 1.54) is 0 Å². The largest absolute Gasteiger partial charge is 0.496 e. The molecule has 2 rings (SSSR count). The van der Waals surface area contributed by atoms with Gasteiger partial charge in [0.1, 0.15) is 23.1 Å². The molecule has 0 unspecified atom stereocenters. The molecule has 0 aliphatic rings. The average Bonchev–Trinajstić information content (AvgIpc) is 2.61. The van der Waals surface area contributed by atoms with Gasteiger partial charge in [0, 0.05) is 45.5 Å². The minimum atomic E-state index is 0.617. The predicted octanol–water partition coefficient (Wildman–Crippen LogP) is 2.46. The Bertz CT molecular complexity index is 632. The summed E-state index contributed by atoms with van der Waals surface area (Å²) in [6.45, 7) is 1.32. The van der Waals surface area contributed by atoms with Gasteiger partial charge in [-0.25, -0.2) is 4.98 Å². The zero-order valence-corrected chi connectivity index (χ0v) is 14.9. The van der Waals surface area contributed by atoms with E-state index in [1.54, 1.807) is 21.3 Å². The first-order chi connectivity index (χ1) is 11.6. The summed E-state index contributed by atoms with van der Waals surface area (Å²) in [5.41, 5.74) is 2.07. The molecule has 0 aliphatic heterocycles. The van der Waals surface area contributed by atoms with Gasteiger partial charge in [-0.15, -0.1) is 0 Å². The van der Waals surface area contributed by atoms with Gasteiger partial charge in [-0.2, -0.15) is 0 Å². The van der Waals surface area contributed by atoms with Crippen LogP contribution in [-0.4, -0.2) is 40.4 Å². The fourth-order valence-corrected chi connectivity index (χ4v) is 2.37. The normalized spacial score (nSPS) is 10.4. The number of nitrogens with one attached hydrogen (secondary N) is 1. The van der Waals surface area contributed by atoms with Crippen molar-refractivity contribution >= 4 is 5.82 Å². The van der Waals surface area contributed by atoms with Crippen molar-refractivity contribution in [2.24, 2.45) is 0 Å². The molecule has 1 N–H and O–H groups in total. The number of anilines is 1. The molecule has 2 aromatic rings. The number of hydrogen-bond acceptors (Lipinski definition) is 6. The van der Waals surface area contributed by atoms with E-state index in [0.29, 0.717) is 18.8 Å². The van der Waals surface area contributed by atoms with Crippen LogP contribution in [0.15, 0.2) is 30.5 Å². The van der Waals surface area contributed by atoms with Gasteiger partial charge in [-0.05, 0) is 11.6 Å². The fourth-order valence-electron chi connectivity index (χ4n) is 2.37. The number of hydrogen-bond donors (Lipinski definition) is 1. The van der Waals surface area contributed by atoms with Crippen LogP contribution >= 0.6 is 0 Å². The van der Waals surface area contributed by atoms with Crippen LogP contribution in [-0.2, 0) is 13.1 Å². The Morgan fingerprint density at radius 2 is 1.62 bits per heavy atom. The lowest BCUT2D eigenvalue weighted by molar-refractivity contribution is 0.366. The summed E-state index contributed by atoms with van der Waals surface area (Å²) in [6.07, 6.45) is 1.88. The number of nitrogens with zero attached hydrogens (tertiary/aromatic N) is 2. The van der Waals surface area contributed by atoms with Crippen LogP contribution in [0.2, 0.25) is 0 Å². The minimum absolute atomic E-state index is 0.617. The summed E-state index contributed by atoms with van der Waals surface area (Å²) in [6, 6.07) is 7.78. The molecule has 0 radical (unpaired) electrons. The molecule has 0 saturated carbocycles. The number of aromatic nitrogens is 1. The smallest absolute Gasteiger partial charge is 0.130 e. The second-order valence-corrected chi connectivity index (χ2v) is 5.53. The molecule has 0 fully saturated rings. The van der Waals surface area contributed by atoms with Crippen LogP contribution in [0.25, 0.3) is 0 Å². The van der Waals surface area contributed by atoms with Crippen molar-refractivity contribution < 1.29 is 14.2 Å². The van der Waals surface area contributed by atoms with Crippen LogP contribution in [0.4, 0.5) is 5.82 Å². The first-order valence-electron chi connectivity index (χ1n) is 7.71. The summed E-state index contributed by atoms with van der Waals surface area (Å²) >= 11 is 0. The molecular weight excluding hydrogens is 306 g/mol. The zero-order valence-electron chi connectivity index (χ0n) is 14.9. The van der Waals surface area contributed by atoms with Gasteiger partial charge >= 0.3 is 0 Å². The maximum atomic E-state index is 5.46. The number of rotatable bonds is 8. The molecule has 0 atom stereocenters. The van der Waals surface area contributed by atoms with E-state index in [1.807, 2.05) is 43.4 Å². The summed E-state index contributed by atoms with van der Waals surface area (Å²) in [4.78, 5) is 6.39. The van der Waals surface area contributed by atoms with E-state index in [4.69, 9.17) is 14.2 Å². The number of ether oxygens (including phenoxy) is 3. The zero-order chi connectivity index (χ0) is 17.5. The lowest BCUT2D eigenvalue weighted by Gasteiger charge is -2.16. The fraction of sp³-hybridized carbons (Fsp3) is 0.389. The molecule has 1 heterocycles. The Hall–Kier alpha value is -2.47. The molecule has 0 bridgehead atoms. The van der Waals surface area contributed by atoms with Gasteiger partial charge in [-0.1, -0.05) is 6.07 Å². The van der Waals surface area contributed by atoms with E-state index in [9.17, 15) is 0 Å². The van der Waals surface area contributed by atoms with Crippen molar-refractivity contribution in [1.29, 1.82) is 0 Å². The Labute approximate surface area is 143 Å². The van der Waals surface area contributed by atoms with Crippen molar-refractivity contribution in [2.75, 3.05) is 40.3 Å². The van der Waals surface area contributed by atoms with Crippen molar-refractivity contribution in [3.05, 3.63) is 41.6 Å². The SMILES string of the molecule is COc1cc(OC)c(CNCc2ccc(N(C)C)nc2)c(OC)c1. The Morgan fingerprint density at radius 3 is 2.08 bits per heavy atom. The first-order valence-corrected chi connectivity index (χ1v) is 7.71. The lowest BCUT2D eigenvalue weighted by atomic mass is 10.1. The standard InChI is InChI=1S/C18H25N3O3/c1-21(2)18-7-6-13(11-20-18)10-19-12-15-16(23-4)8-14(22-3)9-17(15)24-5/h6-9,11,19H,10,12H2,1-5H3. The number of methoxy groups -OCH3 is 3. The van der Waals surface area contributed by atoms with Crippen molar-refractivity contribution in [1.82, 2.24) is 10.3 Å². The van der Waals surface area contributed by atoms with Crippen LogP contribution in [0.5, 0.6) is 17.2 Å². The topological polar surface area (TPSA) is 55.9 Å². The highest BCUT2D eigenvalue weighted by Gasteiger charge is 2.12. The monoisotopic (exact) mass is 331 g/mol. The van der Waals surface area contributed by atoms with Crippen molar-refractivity contribution in [2.45, 2.75) is 13.1 Å². The molecule has 130 valence electrons. The Morgan fingerprint density at radius 1 is 0.958 bits per heavy atom. The third-order valence-electron chi connectivity index (χ3n) is 3.72. The lowest BCUT2D eigenvalue weighted by Crippen LogP contribution is -2.15. The van der Waals surface area contributed by atoms with Gasteiger partial charge in [0.15, 0.2) is 0 Å². The van der Waals surface area contributed by atoms with Crippen molar-refractivity contribution in [3.8, 4) is 17.2 Å². The molecule has 6 nitrogen and oxygen atoms in total. The summed E-state index contributed by atoms with van der Waals surface area (Å²) in [5.74, 6) is 3.12. The first kappa shape index (κ1) is 17.9. The van der Waals surface area contributed by atoms with E-state index in [0.717, 1.165) is 28.4 Å². The van der Waals surface area contributed by atoms with Gasteiger partial charge in [0.2, 0.25) is 0 Å². The van der Waals surface area contributed by atoms with Gasteiger partial charge in [0.25, 0.3) is 0 Å². The predicted molar refractivity (Wildman–Crippen MR) is 95.2 cm³/mol. The maximum Gasteiger partial charge on any atom is 0.130 e. The molecule has 24 heavy (non-hydrogen) atoms. The molecule has 0 amide bonds. The van der Waals surface area contributed by atoms with Gasteiger partial charge < -0.3 is 24.4 Å². The molecule has 1 aromatic heterocycles. The Kier molecular flexibility index (Phi) is 6.26. The molecule has 6 heteroatoms. The van der Waals surface area contributed by atoms with Gasteiger partial charge in [0.05, 0.1) is 26.9 Å². The van der Waals surface area contributed by atoms with Crippen molar-refractivity contribution in [3.63, 3.8) is 0 Å². The highest BCUT2D eigenvalue weighted by Crippen LogP contribution is 2.33. The molecule has 0 saturated heterocycles. The molecule has 0 spiro atoms. The third kappa shape index (κ3) is 4.29. The van der Waals surface area contributed by atoms with Crippen LogP contribution in [0.3, 0.4) is 0 Å². The summed E-state index contributed by atoms with van der Waals surface area (Å²) in [7, 11) is 8.85. The molecular formula is C18H25N3O3. The maximum absolute atomic E-state index is 5.46. The minimum Gasteiger partial charge on any atom is -0.496 e. The quantitative estimate of drug-likeness (QED) is 0.802. The second-order valence-electron chi connectivity index (χ2n) is 5.53. The van der Waals surface area contributed by atoms with E-state index in [2.05, 4.69) is 16.4 Å². The van der Waals surface area contributed by atoms with Crippen LogP contribution in [0.1, 0.15) is 11.1 Å². The highest BCUT2D eigenvalue weighted by molar-refractivity contribution is 5.50. The molecule has 1 aromatic carbocycles. The summed E-state index contributed by atoms with van der Waals surface area (Å²) < 4.78 is 16.2. The average molecular weight is 331 g/mol. The number of pyridine rings is 1. The second kappa shape index (κ2) is 8.40. The van der Waals surface area contributed by atoms with E-state index in [-0.39, 0.29) is 0 Å². The van der Waals surface area contributed by atoms with E-state index < -0.39 is 0 Å². The molecule has 0 aliphatic carbocycles. The Balaban J connectivity index is 2.05. The van der Waals surface area contributed by atoms with E-state index >= 15 is 0 Å². The number of benzene rings is 1. The van der Waals surface area contributed by atoms with Crippen LogP contribution in [0, 0.1) is 0 Å².